The molecular formula is C31H40ClFN8O2. The van der Waals surface area contributed by atoms with Crippen molar-refractivity contribution in [3.8, 4) is 16.9 Å². The van der Waals surface area contributed by atoms with E-state index in [4.69, 9.17) is 28.8 Å². The third-order valence-corrected chi connectivity index (χ3v) is 7.67. The van der Waals surface area contributed by atoms with Crippen molar-refractivity contribution in [2.45, 2.75) is 57.7 Å². The molecule has 0 aliphatic carbocycles. The van der Waals surface area contributed by atoms with Gasteiger partial charge in [-0.05, 0) is 87.5 Å². The van der Waals surface area contributed by atoms with Gasteiger partial charge in [0.15, 0.2) is 5.82 Å². The highest BCUT2D eigenvalue weighted by Gasteiger charge is 2.16. The number of carbonyl (C=O) groups excluding carboxylic acids is 1. The summed E-state index contributed by atoms with van der Waals surface area (Å²) in [4.78, 5) is 31.5. The molecule has 0 unspecified atom stereocenters. The van der Waals surface area contributed by atoms with E-state index in [1.807, 2.05) is 38.1 Å². The van der Waals surface area contributed by atoms with Gasteiger partial charge < -0.3 is 32.8 Å². The number of aromatic nitrogens is 3. The number of benzene rings is 2. The van der Waals surface area contributed by atoms with Crippen LogP contribution in [0.5, 0.6) is 0 Å². The number of fused-ring (bicyclic) bond motifs is 1. The lowest BCUT2D eigenvalue weighted by Gasteiger charge is -2.17. The number of nitrogens with one attached hydrogen (secondary N) is 3. The molecule has 2 aromatic carbocycles. The second kappa shape index (κ2) is 14.7. The van der Waals surface area contributed by atoms with Crippen LogP contribution in [0.4, 0.5) is 4.39 Å². The molecular weight excluding hydrogens is 571 g/mol. The number of aromatic amines is 1. The van der Waals surface area contributed by atoms with Crippen LogP contribution in [0.2, 0.25) is 5.02 Å². The summed E-state index contributed by atoms with van der Waals surface area (Å²) in [6.45, 7) is 4.98. The Morgan fingerprint density at radius 1 is 1.14 bits per heavy atom. The SMILES string of the molecule is C[C@H](N)CCCc1cc(Cl)c(F)c(-c2cc3cn(-c4ccc([C@H](C)NCC[C@H](N)CNC(=O)CN)cc4)c(=O)nc3[nH]2)c1. The Kier molecular flexibility index (Phi) is 11.1. The van der Waals surface area contributed by atoms with Crippen LogP contribution < -0.4 is 33.5 Å². The van der Waals surface area contributed by atoms with Crippen LogP contribution in [-0.2, 0) is 11.2 Å². The molecule has 0 radical (unpaired) electrons. The zero-order chi connectivity index (χ0) is 31.1. The van der Waals surface area contributed by atoms with Crippen LogP contribution in [0.1, 0.15) is 50.3 Å². The highest BCUT2D eigenvalue weighted by molar-refractivity contribution is 6.31. The number of nitrogens with two attached hydrogens (primary N) is 3. The predicted octanol–water partition coefficient (Wildman–Crippen LogP) is 3.29. The van der Waals surface area contributed by atoms with E-state index in [0.717, 1.165) is 30.4 Å². The lowest BCUT2D eigenvalue weighted by atomic mass is 10.0. The molecule has 0 saturated heterocycles. The van der Waals surface area contributed by atoms with Crippen molar-refractivity contribution in [2.24, 2.45) is 17.2 Å². The minimum Gasteiger partial charge on any atom is -0.353 e. The van der Waals surface area contributed by atoms with Gasteiger partial charge in [0, 0.05) is 41.8 Å². The van der Waals surface area contributed by atoms with Gasteiger partial charge in [0.25, 0.3) is 0 Å². The maximum absolute atomic E-state index is 15.1. The average Bonchev–Trinajstić information content (AvgIpc) is 3.39. The van der Waals surface area contributed by atoms with Gasteiger partial charge in [-0.15, -0.1) is 0 Å². The first-order valence-electron chi connectivity index (χ1n) is 14.5. The molecule has 2 heterocycles. The fourth-order valence-corrected chi connectivity index (χ4v) is 5.13. The van der Waals surface area contributed by atoms with E-state index >= 15 is 4.39 Å². The molecule has 0 saturated carbocycles. The van der Waals surface area contributed by atoms with Crippen LogP contribution in [0.3, 0.4) is 0 Å². The summed E-state index contributed by atoms with van der Waals surface area (Å²) in [5.74, 6) is -0.756. The number of amides is 1. The summed E-state index contributed by atoms with van der Waals surface area (Å²) in [6.07, 6.45) is 4.82. The van der Waals surface area contributed by atoms with E-state index in [1.165, 1.54) is 4.57 Å². The molecule has 4 rings (SSSR count). The minimum absolute atomic E-state index is 0.0423. The Labute approximate surface area is 255 Å². The largest absolute Gasteiger partial charge is 0.354 e. The van der Waals surface area contributed by atoms with Gasteiger partial charge in [-0.3, -0.25) is 9.36 Å². The number of aryl methyl sites for hydroxylation is 1. The first kappa shape index (κ1) is 32.3. The zero-order valence-electron chi connectivity index (χ0n) is 24.5. The van der Waals surface area contributed by atoms with Gasteiger partial charge in [0.1, 0.15) is 5.65 Å². The Balaban J connectivity index is 1.46. The van der Waals surface area contributed by atoms with Gasteiger partial charge in [-0.25, -0.2) is 9.18 Å². The van der Waals surface area contributed by atoms with Crippen LogP contribution in [0.15, 0.2) is 53.5 Å². The first-order valence-corrected chi connectivity index (χ1v) is 14.9. The molecule has 0 bridgehead atoms. The summed E-state index contributed by atoms with van der Waals surface area (Å²) >= 11 is 6.23. The number of halogens is 2. The molecule has 12 heteroatoms. The van der Waals surface area contributed by atoms with Crippen molar-refractivity contribution in [3.63, 3.8) is 0 Å². The highest BCUT2D eigenvalue weighted by Crippen LogP contribution is 2.31. The second-order valence-corrected chi connectivity index (χ2v) is 11.4. The fraction of sp³-hybridized carbons (Fsp3) is 0.387. The van der Waals surface area contributed by atoms with Crippen molar-refractivity contribution in [3.05, 3.63) is 81.1 Å². The third-order valence-electron chi connectivity index (χ3n) is 7.39. The zero-order valence-corrected chi connectivity index (χ0v) is 25.3. The van der Waals surface area contributed by atoms with E-state index in [-0.39, 0.29) is 35.6 Å². The third kappa shape index (κ3) is 8.49. The molecule has 3 atom stereocenters. The number of rotatable bonds is 14. The summed E-state index contributed by atoms with van der Waals surface area (Å²) in [6, 6.07) is 12.8. The number of nitrogens with zero attached hydrogens (tertiary/aromatic N) is 2. The van der Waals surface area contributed by atoms with Gasteiger partial charge in [-0.2, -0.15) is 4.98 Å². The molecule has 2 aromatic heterocycles. The summed E-state index contributed by atoms with van der Waals surface area (Å²) < 4.78 is 16.5. The standard InChI is InChI=1S/C31H40ClFN8O2/c1-18(35)4-3-5-20-12-25(29(33)26(32)13-20)27-14-22-17-41(31(43)40-30(22)39-27)24-8-6-21(7-9-24)19(2)37-11-10-23(36)16-38-28(42)15-34/h6-9,12-14,17-19,23,37H,3-5,10-11,15-16,34-36H2,1-2H3,(H,38,42)(H,39,40,43)/t18-,19-,23-/m0/s1. The van der Waals surface area contributed by atoms with Crippen LogP contribution in [0, 0.1) is 5.82 Å². The number of H-pyrrole nitrogens is 1. The van der Waals surface area contributed by atoms with Crippen molar-refractivity contribution < 1.29 is 9.18 Å². The molecule has 1 amide bonds. The molecule has 0 fully saturated rings. The maximum Gasteiger partial charge on any atom is 0.354 e. The molecule has 43 heavy (non-hydrogen) atoms. The number of hydrogen-bond acceptors (Lipinski definition) is 7. The molecule has 9 N–H and O–H groups in total. The van der Waals surface area contributed by atoms with Crippen LogP contribution in [0.25, 0.3) is 28.0 Å². The second-order valence-electron chi connectivity index (χ2n) is 11.0. The van der Waals surface area contributed by atoms with Gasteiger partial charge in [-0.1, -0.05) is 23.7 Å². The molecule has 0 spiro atoms. The summed E-state index contributed by atoms with van der Waals surface area (Å²) in [5, 5.41) is 6.81. The average molecular weight is 611 g/mol. The highest BCUT2D eigenvalue weighted by atomic mass is 35.5. The Morgan fingerprint density at radius 2 is 1.88 bits per heavy atom. The summed E-state index contributed by atoms with van der Waals surface area (Å²) in [5.41, 5.74) is 20.5. The van der Waals surface area contributed by atoms with E-state index in [2.05, 4.69) is 20.6 Å². The smallest absolute Gasteiger partial charge is 0.353 e. The lowest BCUT2D eigenvalue weighted by Crippen LogP contribution is -2.41. The monoisotopic (exact) mass is 610 g/mol. The van der Waals surface area contributed by atoms with Crippen molar-refractivity contribution >= 4 is 28.5 Å². The van der Waals surface area contributed by atoms with E-state index < -0.39 is 11.5 Å². The van der Waals surface area contributed by atoms with Crippen LogP contribution >= 0.6 is 11.6 Å². The van der Waals surface area contributed by atoms with E-state index in [0.29, 0.717) is 47.5 Å². The van der Waals surface area contributed by atoms with E-state index in [1.54, 1.807) is 24.4 Å². The molecule has 4 aromatic rings. The van der Waals surface area contributed by atoms with Crippen molar-refractivity contribution in [2.75, 3.05) is 19.6 Å². The number of carbonyl (C=O) groups is 1. The Hall–Kier alpha value is -3.61. The van der Waals surface area contributed by atoms with Gasteiger partial charge >= 0.3 is 5.69 Å². The van der Waals surface area contributed by atoms with Crippen molar-refractivity contribution in [1.29, 1.82) is 0 Å². The fourth-order valence-electron chi connectivity index (χ4n) is 4.88. The normalized spacial score (nSPS) is 13.7. The predicted molar refractivity (Wildman–Crippen MR) is 170 cm³/mol. The first-order chi connectivity index (χ1) is 20.5. The quantitative estimate of drug-likeness (QED) is 0.127. The maximum atomic E-state index is 15.1. The number of hydrogen-bond donors (Lipinski definition) is 6. The van der Waals surface area contributed by atoms with E-state index in [9.17, 15) is 9.59 Å². The lowest BCUT2D eigenvalue weighted by molar-refractivity contribution is -0.119. The Morgan fingerprint density at radius 3 is 2.58 bits per heavy atom. The van der Waals surface area contributed by atoms with Gasteiger partial charge in [0.05, 0.1) is 22.9 Å². The molecule has 230 valence electrons. The van der Waals surface area contributed by atoms with Gasteiger partial charge in [0.2, 0.25) is 5.91 Å². The Bertz CT molecular complexity index is 1600. The molecule has 10 nitrogen and oxygen atoms in total. The summed E-state index contributed by atoms with van der Waals surface area (Å²) in [7, 11) is 0. The van der Waals surface area contributed by atoms with Crippen LogP contribution in [-0.4, -0.2) is 52.2 Å². The topological polar surface area (TPSA) is 170 Å². The minimum atomic E-state index is -0.530. The van der Waals surface area contributed by atoms with Crippen molar-refractivity contribution in [1.82, 2.24) is 25.2 Å². The molecule has 0 aliphatic rings. The molecule has 0 aliphatic heterocycles.